The first kappa shape index (κ1) is 20.0. The van der Waals surface area contributed by atoms with Crippen molar-refractivity contribution in [1.29, 1.82) is 0 Å². The molecule has 1 saturated heterocycles. The Kier molecular flexibility index (Phi) is 8.21. The molecule has 0 aromatic heterocycles. The molecule has 1 fully saturated rings. The van der Waals surface area contributed by atoms with Gasteiger partial charge in [0.15, 0.2) is 5.96 Å². The third kappa shape index (κ3) is 6.55. The zero-order valence-electron chi connectivity index (χ0n) is 16.1. The lowest BCUT2D eigenvalue weighted by molar-refractivity contribution is -0.130. The van der Waals surface area contributed by atoms with Gasteiger partial charge in [0.25, 0.3) is 0 Å². The second kappa shape index (κ2) is 10.7. The third-order valence-electron chi connectivity index (χ3n) is 4.46. The van der Waals surface area contributed by atoms with Crippen molar-refractivity contribution in [3.05, 3.63) is 29.8 Å². The number of amides is 1. The Morgan fingerprint density at radius 3 is 2.42 bits per heavy atom. The number of rotatable bonds is 7. The normalized spacial score (nSPS) is 15.7. The van der Waals surface area contributed by atoms with E-state index < -0.39 is 0 Å². The summed E-state index contributed by atoms with van der Waals surface area (Å²) in [6.45, 7) is 10.4. The van der Waals surface area contributed by atoms with E-state index in [4.69, 9.17) is 4.74 Å². The summed E-state index contributed by atoms with van der Waals surface area (Å²) in [5.74, 6) is 1.85. The summed E-state index contributed by atoms with van der Waals surface area (Å²) >= 11 is 0. The Labute approximate surface area is 156 Å². The minimum absolute atomic E-state index is 0.169. The quantitative estimate of drug-likeness (QED) is 0.558. The van der Waals surface area contributed by atoms with Crippen molar-refractivity contribution >= 4 is 11.9 Å². The second-order valence-corrected chi connectivity index (χ2v) is 6.32. The van der Waals surface area contributed by atoms with Gasteiger partial charge in [0.05, 0.1) is 13.7 Å². The van der Waals surface area contributed by atoms with Gasteiger partial charge in [-0.2, -0.15) is 0 Å². The van der Waals surface area contributed by atoms with Crippen molar-refractivity contribution in [2.24, 2.45) is 4.99 Å². The summed E-state index contributed by atoms with van der Waals surface area (Å²) in [5.41, 5.74) is 1.14. The number of nitrogens with one attached hydrogen (secondary N) is 2. The van der Waals surface area contributed by atoms with Crippen LogP contribution in [0.25, 0.3) is 0 Å². The van der Waals surface area contributed by atoms with E-state index in [0.717, 1.165) is 63.1 Å². The van der Waals surface area contributed by atoms with Crippen molar-refractivity contribution in [2.45, 2.75) is 20.4 Å². The fourth-order valence-electron chi connectivity index (χ4n) is 2.86. The van der Waals surface area contributed by atoms with Gasteiger partial charge in [-0.3, -0.25) is 9.69 Å². The van der Waals surface area contributed by atoms with Gasteiger partial charge >= 0.3 is 0 Å². The predicted octanol–water partition coefficient (Wildman–Crippen LogP) is 0.914. The maximum absolute atomic E-state index is 11.4. The van der Waals surface area contributed by atoms with E-state index in [2.05, 4.69) is 27.4 Å². The molecule has 7 nitrogen and oxygen atoms in total. The van der Waals surface area contributed by atoms with Crippen LogP contribution in [0.1, 0.15) is 19.4 Å². The van der Waals surface area contributed by atoms with Crippen LogP contribution in [0.15, 0.2) is 29.3 Å². The average molecular weight is 361 g/mol. The monoisotopic (exact) mass is 361 g/mol. The SMILES string of the molecule is CCNC(=NCc1ccc(OC)cc1)NCCN1CCN(C(C)=O)CC1. The van der Waals surface area contributed by atoms with E-state index in [1.54, 1.807) is 14.0 Å². The molecule has 0 unspecified atom stereocenters. The summed E-state index contributed by atoms with van der Waals surface area (Å²) in [7, 11) is 1.67. The number of carbonyl (C=O) groups excluding carboxylic acids is 1. The van der Waals surface area contributed by atoms with E-state index in [1.807, 2.05) is 29.2 Å². The summed E-state index contributed by atoms with van der Waals surface area (Å²) in [6.07, 6.45) is 0. The number of aliphatic imine (C=N–C) groups is 1. The Morgan fingerprint density at radius 1 is 1.15 bits per heavy atom. The van der Waals surface area contributed by atoms with Crippen LogP contribution in [-0.4, -0.2) is 74.6 Å². The predicted molar refractivity (Wildman–Crippen MR) is 105 cm³/mol. The van der Waals surface area contributed by atoms with Crippen LogP contribution in [-0.2, 0) is 11.3 Å². The minimum Gasteiger partial charge on any atom is -0.497 e. The number of ether oxygens (including phenoxy) is 1. The number of carbonyl (C=O) groups is 1. The zero-order chi connectivity index (χ0) is 18.8. The lowest BCUT2D eigenvalue weighted by Gasteiger charge is -2.34. The highest BCUT2D eigenvalue weighted by Gasteiger charge is 2.17. The van der Waals surface area contributed by atoms with Crippen LogP contribution >= 0.6 is 0 Å². The van der Waals surface area contributed by atoms with Gasteiger partial charge in [-0.25, -0.2) is 4.99 Å². The molecule has 0 saturated carbocycles. The molecule has 1 heterocycles. The van der Waals surface area contributed by atoms with Gasteiger partial charge in [0, 0.05) is 52.7 Å². The molecule has 1 aromatic carbocycles. The molecule has 0 radical (unpaired) electrons. The molecule has 1 aliphatic heterocycles. The van der Waals surface area contributed by atoms with Crippen LogP contribution in [0.4, 0.5) is 0 Å². The van der Waals surface area contributed by atoms with Crippen LogP contribution < -0.4 is 15.4 Å². The Morgan fingerprint density at radius 2 is 1.85 bits per heavy atom. The van der Waals surface area contributed by atoms with Crippen molar-refractivity contribution in [3.63, 3.8) is 0 Å². The number of guanidine groups is 1. The molecule has 7 heteroatoms. The highest BCUT2D eigenvalue weighted by Crippen LogP contribution is 2.11. The maximum Gasteiger partial charge on any atom is 0.219 e. The van der Waals surface area contributed by atoms with Crippen LogP contribution in [0.5, 0.6) is 5.75 Å². The summed E-state index contributed by atoms with van der Waals surface area (Å²) in [5, 5.41) is 6.66. The molecule has 0 atom stereocenters. The smallest absolute Gasteiger partial charge is 0.219 e. The molecule has 0 aliphatic carbocycles. The Hall–Kier alpha value is -2.28. The van der Waals surface area contributed by atoms with E-state index in [9.17, 15) is 4.79 Å². The van der Waals surface area contributed by atoms with Gasteiger partial charge in [0.2, 0.25) is 5.91 Å². The molecule has 0 bridgehead atoms. The molecule has 144 valence electrons. The molecule has 0 spiro atoms. The molecule has 26 heavy (non-hydrogen) atoms. The fourth-order valence-corrected chi connectivity index (χ4v) is 2.86. The minimum atomic E-state index is 0.169. The van der Waals surface area contributed by atoms with Gasteiger partial charge in [-0.1, -0.05) is 12.1 Å². The number of hydrogen-bond acceptors (Lipinski definition) is 4. The molecule has 2 rings (SSSR count). The largest absolute Gasteiger partial charge is 0.497 e. The third-order valence-corrected chi connectivity index (χ3v) is 4.46. The van der Waals surface area contributed by atoms with Crippen molar-refractivity contribution < 1.29 is 9.53 Å². The number of nitrogens with zero attached hydrogens (tertiary/aromatic N) is 3. The molecule has 1 aromatic rings. The Bertz CT molecular complexity index is 580. The van der Waals surface area contributed by atoms with E-state index in [1.165, 1.54) is 0 Å². The summed E-state index contributed by atoms with van der Waals surface area (Å²) in [4.78, 5) is 20.3. The van der Waals surface area contributed by atoms with Crippen LogP contribution in [0.3, 0.4) is 0 Å². The number of hydrogen-bond donors (Lipinski definition) is 2. The number of benzene rings is 1. The topological polar surface area (TPSA) is 69.2 Å². The first-order valence-corrected chi connectivity index (χ1v) is 9.25. The maximum atomic E-state index is 11.4. The summed E-state index contributed by atoms with van der Waals surface area (Å²) in [6, 6.07) is 7.96. The van der Waals surface area contributed by atoms with Crippen molar-refractivity contribution in [3.8, 4) is 5.75 Å². The lowest BCUT2D eigenvalue weighted by Crippen LogP contribution is -2.50. The highest BCUT2D eigenvalue weighted by molar-refractivity contribution is 5.79. The highest BCUT2D eigenvalue weighted by atomic mass is 16.5. The van der Waals surface area contributed by atoms with Crippen molar-refractivity contribution in [1.82, 2.24) is 20.4 Å². The number of methoxy groups -OCH3 is 1. The first-order valence-electron chi connectivity index (χ1n) is 9.25. The first-order chi connectivity index (χ1) is 12.6. The molecule has 1 amide bonds. The van der Waals surface area contributed by atoms with E-state index >= 15 is 0 Å². The van der Waals surface area contributed by atoms with Gasteiger partial charge in [-0.05, 0) is 24.6 Å². The standard InChI is InChI=1S/C19H31N5O2/c1-4-20-19(22-15-17-5-7-18(26-3)8-6-17)21-9-10-23-11-13-24(14-12-23)16(2)25/h5-8H,4,9-15H2,1-3H3,(H2,20,21,22). The second-order valence-electron chi connectivity index (χ2n) is 6.32. The van der Waals surface area contributed by atoms with Crippen LogP contribution in [0, 0.1) is 0 Å². The van der Waals surface area contributed by atoms with Gasteiger partial charge in [-0.15, -0.1) is 0 Å². The lowest BCUT2D eigenvalue weighted by atomic mass is 10.2. The van der Waals surface area contributed by atoms with Gasteiger partial charge in [0.1, 0.15) is 5.75 Å². The van der Waals surface area contributed by atoms with E-state index in [0.29, 0.717) is 6.54 Å². The van der Waals surface area contributed by atoms with E-state index in [-0.39, 0.29) is 5.91 Å². The molecular formula is C19H31N5O2. The fraction of sp³-hybridized carbons (Fsp3) is 0.579. The zero-order valence-corrected chi connectivity index (χ0v) is 16.1. The average Bonchev–Trinajstić information content (AvgIpc) is 2.67. The summed E-state index contributed by atoms with van der Waals surface area (Å²) < 4.78 is 5.18. The molecular weight excluding hydrogens is 330 g/mol. The van der Waals surface area contributed by atoms with Crippen LogP contribution in [0.2, 0.25) is 0 Å². The van der Waals surface area contributed by atoms with Gasteiger partial charge < -0.3 is 20.3 Å². The number of piperazine rings is 1. The Balaban J connectivity index is 1.75. The van der Waals surface area contributed by atoms with Crippen molar-refractivity contribution in [2.75, 3.05) is 52.9 Å². The molecule has 1 aliphatic rings. The molecule has 2 N–H and O–H groups in total.